The Bertz CT molecular complexity index is 1030. The summed E-state index contributed by atoms with van der Waals surface area (Å²) in [5, 5.41) is 10.9. The van der Waals surface area contributed by atoms with Crippen LogP contribution in [0.25, 0.3) is 11.1 Å². The number of fused-ring (bicyclic) bond motifs is 3. The Balaban J connectivity index is 1.35. The molecule has 2 aromatic carbocycles. The molecule has 1 aliphatic carbocycles. The van der Waals surface area contributed by atoms with E-state index in [1.54, 1.807) is 0 Å². The first-order valence-corrected chi connectivity index (χ1v) is 10.8. The summed E-state index contributed by atoms with van der Waals surface area (Å²) in [5.74, 6) is -2.04. The molecule has 2 amide bonds. The monoisotopic (exact) mass is 474 g/mol. The highest BCUT2D eigenvalue weighted by atomic mass is 19.3. The largest absolute Gasteiger partial charge is 0.480 e. The number of carbonyl (C=O) groups excluding carboxylic acids is 2. The van der Waals surface area contributed by atoms with Crippen LogP contribution in [0.3, 0.4) is 0 Å². The highest BCUT2D eigenvalue weighted by Crippen LogP contribution is 2.44. The molecule has 1 atom stereocenters. The van der Waals surface area contributed by atoms with Gasteiger partial charge in [0, 0.05) is 25.4 Å². The van der Waals surface area contributed by atoms with Gasteiger partial charge in [0.05, 0.1) is 6.10 Å². The van der Waals surface area contributed by atoms with Gasteiger partial charge in [-0.05, 0) is 22.3 Å². The lowest BCUT2D eigenvalue weighted by molar-refractivity contribution is -0.156. The van der Waals surface area contributed by atoms with Crippen LogP contribution in [-0.2, 0) is 19.1 Å². The Hall–Kier alpha value is -3.53. The van der Waals surface area contributed by atoms with Crippen molar-refractivity contribution >= 4 is 18.0 Å². The molecule has 1 heterocycles. The topological polar surface area (TPSA) is 105 Å². The van der Waals surface area contributed by atoms with Crippen molar-refractivity contribution in [2.24, 2.45) is 0 Å². The van der Waals surface area contributed by atoms with E-state index in [-0.39, 0.29) is 25.6 Å². The predicted molar refractivity (Wildman–Crippen MR) is 117 cm³/mol. The number of aliphatic carboxylic acids is 1. The summed E-state index contributed by atoms with van der Waals surface area (Å²) in [4.78, 5) is 36.9. The minimum Gasteiger partial charge on any atom is -0.480 e. The number of likely N-dealkylation sites (tertiary alicyclic amines) is 1. The summed E-state index contributed by atoms with van der Waals surface area (Å²) in [6.45, 7) is -0.383. The smallest absolute Gasteiger partial charge is 0.407 e. The van der Waals surface area contributed by atoms with E-state index < -0.39 is 49.6 Å². The zero-order valence-corrected chi connectivity index (χ0v) is 18.2. The fourth-order valence-corrected chi connectivity index (χ4v) is 4.32. The zero-order valence-electron chi connectivity index (χ0n) is 18.2. The molecule has 180 valence electrons. The van der Waals surface area contributed by atoms with Gasteiger partial charge in [0.1, 0.15) is 19.3 Å². The molecule has 1 saturated heterocycles. The van der Waals surface area contributed by atoms with Crippen molar-refractivity contribution in [2.45, 2.75) is 30.9 Å². The molecule has 2 aromatic rings. The van der Waals surface area contributed by atoms with Gasteiger partial charge in [-0.25, -0.2) is 18.4 Å². The molecule has 4 rings (SSSR count). The third-order valence-electron chi connectivity index (χ3n) is 5.95. The van der Waals surface area contributed by atoms with E-state index >= 15 is 0 Å². The second-order valence-electron chi connectivity index (χ2n) is 8.22. The first kappa shape index (κ1) is 23.6. The molecular weight excluding hydrogens is 450 g/mol. The average Bonchev–Trinajstić information content (AvgIpc) is 3.09. The average molecular weight is 474 g/mol. The Morgan fingerprint density at radius 2 is 1.62 bits per heavy atom. The van der Waals surface area contributed by atoms with Crippen molar-refractivity contribution in [1.29, 1.82) is 0 Å². The van der Waals surface area contributed by atoms with Crippen LogP contribution < -0.4 is 5.32 Å². The standard InChI is InChI=1S/C24H24F2N2O6/c25-21(26)9-20(23(31)28-10-14(11-28)33-13-22(29)30)27-24(32)34-12-19-17-7-3-1-5-15(17)16-6-2-4-8-18(16)19/h1-8,14,19-21H,9-13H2,(H,27,32)(H,29,30). The Labute approximate surface area is 194 Å². The predicted octanol–water partition coefficient (Wildman–Crippen LogP) is 2.86. The van der Waals surface area contributed by atoms with Crippen LogP contribution in [-0.4, -0.2) is 72.9 Å². The SMILES string of the molecule is O=C(O)COC1CN(C(=O)C(CC(F)F)NC(=O)OCC2c3ccccc3-c3ccccc32)C1. The van der Waals surface area contributed by atoms with Crippen molar-refractivity contribution in [2.75, 3.05) is 26.3 Å². The van der Waals surface area contributed by atoms with Crippen molar-refractivity contribution in [3.8, 4) is 11.1 Å². The number of carboxylic acid groups (broad SMARTS) is 1. The number of hydrogen-bond acceptors (Lipinski definition) is 5. The fourth-order valence-electron chi connectivity index (χ4n) is 4.32. The molecule has 0 aromatic heterocycles. The molecule has 1 unspecified atom stereocenters. The third-order valence-corrected chi connectivity index (χ3v) is 5.95. The van der Waals surface area contributed by atoms with Crippen LogP contribution in [0.2, 0.25) is 0 Å². The number of carboxylic acids is 1. The molecule has 10 heteroatoms. The first-order valence-electron chi connectivity index (χ1n) is 10.8. The zero-order chi connectivity index (χ0) is 24.2. The molecule has 8 nitrogen and oxygen atoms in total. The van der Waals surface area contributed by atoms with Gasteiger partial charge in [0.15, 0.2) is 0 Å². The maximum atomic E-state index is 13.1. The van der Waals surface area contributed by atoms with Crippen LogP contribution in [0.4, 0.5) is 13.6 Å². The number of alkyl carbamates (subject to hydrolysis) is 1. The normalized spacial score (nSPS) is 15.9. The minimum atomic E-state index is -2.82. The van der Waals surface area contributed by atoms with Gasteiger partial charge in [-0.3, -0.25) is 4.79 Å². The van der Waals surface area contributed by atoms with E-state index in [9.17, 15) is 23.2 Å². The van der Waals surface area contributed by atoms with Gasteiger partial charge < -0.3 is 24.8 Å². The number of hydrogen-bond donors (Lipinski definition) is 2. The summed E-state index contributed by atoms with van der Waals surface area (Å²) >= 11 is 0. The Morgan fingerprint density at radius 3 is 2.18 bits per heavy atom. The number of halogens is 2. The maximum absolute atomic E-state index is 13.1. The molecule has 0 spiro atoms. The van der Waals surface area contributed by atoms with Crippen LogP contribution in [0.5, 0.6) is 0 Å². The van der Waals surface area contributed by atoms with Crippen molar-refractivity contribution in [1.82, 2.24) is 10.2 Å². The number of alkyl halides is 2. The van der Waals surface area contributed by atoms with Crippen LogP contribution in [0.1, 0.15) is 23.5 Å². The number of benzene rings is 2. The Morgan fingerprint density at radius 1 is 1.03 bits per heavy atom. The summed E-state index contributed by atoms with van der Waals surface area (Å²) in [7, 11) is 0. The molecule has 0 saturated carbocycles. The molecule has 0 bridgehead atoms. The lowest BCUT2D eigenvalue weighted by Gasteiger charge is -2.40. The number of carbonyl (C=O) groups is 3. The minimum absolute atomic E-state index is 0.00966. The van der Waals surface area contributed by atoms with Gasteiger partial charge in [0.2, 0.25) is 12.3 Å². The number of nitrogens with one attached hydrogen (secondary N) is 1. The highest BCUT2D eigenvalue weighted by molar-refractivity contribution is 5.86. The van der Waals surface area contributed by atoms with Gasteiger partial charge in [-0.15, -0.1) is 0 Å². The highest BCUT2D eigenvalue weighted by Gasteiger charge is 2.37. The van der Waals surface area contributed by atoms with Gasteiger partial charge >= 0.3 is 12.1 Å². The fraction of sp³-hybridized carbons (Fsp3) is 0.375. The third kappa shape index (κ3) is 5.17. The molecule has 0 radical (unpaired) electrons. The first-order chi connectivity index (χ1) is 16.3. The summed E-state index contributed by atoms with van der Waals surface area (Å²) in [6, 6.07) is 14.1. The van der Waals surface area contributed by atoms with Crippen molar-refractivity contribution in [3.63, 3.8) is 0 Å². The molecule has 34 heavy (non-hydrogen) atoms. The lowest BCUT2D eigenvalue weighted by atomic mass is 9.98. The maximum Gasteiger partial charge on any atom is 0.407 e. The van der Waals surface area contributed by atoms with Gasteiger partial charge in [-0.2, -0.15) is 0 Å². The number of rotatable bonds is 9. The van der Waals surface area contributed by atoms with Gasteiger partial charge in [0.25, 0.3) is 0 Å². The molecule has 2 aliphatic rings. The van der Waals surface area contributed by atoms with Crippen LogP contribution in [0.15, 0.2) is 48.5 Å². The second kappa shape index (κ2) is 10.2. The lowest BCUT2D eigenvalue weighted by Crippen LogP contribution is -2.60. The molecular formula is C24H24F2N2O6. The summed E-state index contributed by atoms with van der Waals surface area (Å²) in [6.07, 6.45) is -5.12. The van der Waals surface area contributed by atoms with E-state index in [2.05, 4.69) is 5.32 Å². The second-order valence-corrected chi connectivity index (χ2v) is 8.22. The van der Waals surface area contributed by atoms with Crippen molar-refractivity contribution in [3.05, 3.63) is 59.7 Å². The molecule has 1 fully saturated rings. The van der Waals surface area contributed by atoms with Crippen LogP contribution in [0, 0.1) is 0 Å². The van der Waals surface area contributed by atoms with Gasteiger partial charge in [-0.1, -0.05) is 48.5 Å². The van der Waals surface area contributed by atoms with E-state index in [1.165, 1.54) is 4.90 Å². The molecule has 2 N–H and O–H groups in total. The van der Waals surface area contributed by atoms with E-state index in [1.807, 2.05) is 48.5 Å². The van der Waals surface area contributed by atoms with E-state index in [0.717, 1.165) is 22.3 Å². The quantitative estimate of drug-likeness (QED) is 0.579. The van der Waals surface area contributed by atoms with Crippen LogP contribution >= 0.6 is 0 Å². The van der Waals surface area contributed by atoms with E-state index in [4.69, 9.17) is 14.6 Å². The van der Waals surface area contributed by atoms with E-state index in [0.29, 0.717) is 0 Å². The summed E-state index contributed by atoms with van der Waals surface area (Å²) < 4.78 is 36.6. The number of ether oxygens (including phenoxy) is 2. The Kier molecular flexibility index (Phi) is 7.06. The van der Waals surface area contributed by atoms with Crippen molar-refractivity contribution < 1.29 is 37.7 Å². The molecule has 1 aliphatic heterocycles. The number of nitrogens with zero attached hydrogens (tertiary/aromatic N) is 1. The number of amides is 2. The summed E-state index contributed by atoms with van der Waals surface area (Å²) in [5.41, 5.74) is 4.11.